The Kier molecular flexibility index (Phi) is 6.47. The average molecular weight is 374 g/mol. The number of amides is 2. The van der Waals surface area contributed by atoms with Gasteiger partial charge >= 0.3 is 24.1 Å². The summed E-state index contributed by atoms with van der Waals surface area (Å²) in [5.41, 5.74) is 9.42. The summed E-state index contributed by atoms with van der Waals surface area (Å²) < 4.78 is 18.9. The molecule has 12 nitrogen and oxygen atoms in total. The lowest BCUT2D eigenvalue weighted by Crippen LogP contribution is -2.55. The molecule has 2 aliphatic heterocycles. The van der Waals surface area contributed by atoms with E-state index in [0.717, 1.165) is 0 Å². The smallest absolute Gasteiger partial charge is 0.379 e. The summed E-state index contributed by atoms with van der Waals surface area (Å²) in [5, 5.41) is 4.76. The van der Waals surface area contributed by atoms with E-state index < -0.39 is 35.2 Å². The molecule has 0 bridgehead atoms. The molecule has 12 heteroatoms. The zero-order chi connectivity index (χ0) is 19.2. The van der Waals surface area contributed by atoms with E-state index in [9.17, 15) is 19.2 Å². The summed E-state index contributed by atoms with van der Waals surface area (Å²) in [5.74, 6) is -3.29. The molecule has 2 heterocycles. The summed E-state index contributed by atoms with van der Waals surface area (Å²) in [6.07, 6.45) is -1.51. The molecule has 6 N–H and O–H groups in total. The number of nitrogens with two attached hydrogens (primary N) is 2. The molecule has 2 unspecified atom stereocenters. The molecule has 26 heavy (non-hydrogen) atoms. The highest BCUT2D eigenvalue weighted by Crippen LogP contribution is 2.18. The fourth-order valence-corrected chi connectivity index (χ4v) is 2.57. The summed E-state index contributed by atoms with van der Waals surface area (Å²) in [4.78, 5) is 46.7. The minimum atomic E-state index is -1.65. The standard InChI is InChI=1S/C14H22N4O8/c15-5-13(1-3-23-7-13)17-11(21)25-9(19)10(20)26-12(22)18-14(6-16)2-4-24-8-14/h1-8,15-16H2,(H,17,21)(H,18,22). The largest absolute Gasteiger partial charge is 0.426 e. The maximum Gasteiger partial charge on any atom is 0.426 e. The SMILES string of the molecule is NCC1(NC(=O)OC(=O)C(=O)OC(=O)NC2(CN)CCOC2)CCOC1. The number of hydrogen-bond acceptors (Lipinski definition) is 10. The zero-order valence-corrected chi connectivity index (χ0v) is 14.1. The van der Waals surface area contributed by atoms with E-state index in [0.29, 0.717) is 26.1 Å². The van der Waals surface area contributed by atoms with E-state index in [1.165, 1.54) is 0 Å². The average Bonchev–Trinajstić information content (AvgIpc) is 3.25. The molecule has 2 aliphatic rings. The highest BCUT2D eigenvalue weighted by Gasteiger charge is 2.38. The summed E-state index contributed by atoms with van der Waals surface area (Å²) in [6.45, 7) is 1.21. The fourth-order valence-electron chi connectivity index (χ4n) is 2.57. The Morgan fingerprint density at radius 2 is 1.19 bits per heavy atom. The molecule has 0 aliphatic carbocycles. The molecule has 2 amide bonds. The Morgan fingerprint density at radius 3 is 1.46 bits per heavy atom. The highest BCUT2D eigenvalue weighted by molar-refractivity contribution is 6.33. The highest BCUT2D eigenvalue weighted by atomic mass is 16.6. The van der Waals surface area contributed by atoms with Gasteiger partial charge in [-0.05, 0) is 12.8 Å². The van der Waals surface area contributed by atoms with Crippen molar-refractivity contribution in [2.24, 2.45) is 11.5 Å². The van der Waals surface area contributed by atoms with Gasteiger partial charge < -0.3 is 41.0 Å². The predicted molar refractivity (Wildman–Crippen MR) is 83.7 cm³/mol. The van der Waals surface area contributed by atoms with E-state index >= 15 is 0 Å². The Labute approximate surface area is 148 Å². The second-order valence-electron chi connectivity index (χ2n) is 6.18. The first kappa shape index (κ1) is 20.0. The second-order valence-corrected chi connectivity index (χ2v) is 6.18. The van der Waals surface area contributed by atoms with E-state index in [2.05, 4.69) is 20.1 Å². The molecular formula is C14H22N4O8. The molecule has 0 aromatic carbocycles. The monoisotopic (exact) mass is 374 g/mol. The molecule has 0 saturated carbocycles. The van der Waals surface area contributed by atoms with Crippen molar-refractivity contribution in [1.82, 2.24) is 10.6 Å². The van der Waals surface area contributed by atoms with E-state index in [-0.39, 0.29) is 26.3 Å². The lowest BCUT2D eigenvalue weighted by molar-refractivity contribution is -0.160. The number of nitrogens with one attached hydrogen (secondary N) is 2. The minimum Gasteiger partial charge on any atom is -0.379 e. The van der Waals surface area contributed by atoms with Gasteiger partial charge in [-0.1, -0.05) is 0 Å². The lowest BCUT2D eigenvalue weighted by atomic mass is 10.00. The number of rotatable bonds is 4. The van der Waals surface area contributed by atoms with Crippen LogP contribution < -0.4 is 22.1 Å². The summed E-state index contributed by atoms with van der Waals surface area (Å²) in [7, 11) is 0. The Bertz CT molecular complexity index is 519. The first-order valence-electron chi connectivity index (χ1n) is 7.98. The molecule has 0 aromatic heterocycles. The van der Waals surface area contributed by atoms with Crippen molar-refractivity contribution >= 4 is 24.1 Å². The maximum atomic E-state index is 11.7. The summed E-state index contributed by atoms with van der Waals surface area (Å²) in [6, 6.07) is 0. The second kappa shape index (κ2) is 8.40. The Morgan fingerprint density at radius 1 is 0.808 bits per heavy atom. The maximum absolute atomic E-state index is 11.7. The van der Waals surface area contributed by atoms with Crippen LogP contribution in [0, 0.1) is 0 Å². The quantitative estimate of drug-likeness (QED) is 0.238. The van der Waals surface area contributed by atoms with Crippen LogP contribution in [0.5, 0.6) is 0 Å². The van der Waals surface area contributed by atoms with Crippen molar-refractivity contribution in [1.29, 1.82) is 0 Å². The van der Waals surface area contributed by atoms with Crippen LogP contribution >= 0.6 is 0 Å². The fraction of sp³-hybridized carbons (Fsp3) is 0.714. The predicted octanol–water partition coefficient (Wildman–Crippen LogP) is -2.27. The normalized spacial score (nSPS) is 27.6. The van der Waals surface area contributed by atoms with E-state index in [1.807, 2.05) is 0 Å². The minimum absolute atomic E-state index is 0.0619. The van der Waals surface area contributed by atoms with Crippen molar-refractivity contribution < 1.29 is 38.1 Å². The van der Waals surface area contributed by atoms with Gasteiger partial charge in [0.1, 0.15) is 0 Å². The lowest BCUT2D eigenvalue weighted by Gasteiger charge is -2.26. The van der Waals surface area contributed by atoms with Crippen LogP contribution in [0.4, 0.5) is 9.59 Å². The molecular weight excluding hydrogens is 352 g/mol. The van der Waals surface area contributed by atoms with Crippen LogP contribution in [0.3, 0.4) is 0 Å². The molecule has 0 aromatic rings. The zero-order valence-electron chi connectivity index (χ0n) is 14.1. The number of carbonyl (C=O) groups is 4. The number of esters is 2. The van der Waals surface area contributed by atoms with Crippen LogP contribution in [0.1, 0.15) is 12.8 Å². The van der Waals surface area contributed by atoms with Crippen molar-refractivity contribution in [3.63, 3.8) is 0 Å². The molecule has 0 spiro atoms. The van der Waals surface area contributed by atoms with E-state index in [1.54, 1.807) is 0 Å². The van der Waals surface area contributed by atoms with Crippen LogP contribution in [0.15, 0.2) is 0 Å². The van der Waals surface area contributed by atoms with Crippen molar-refractivity contribution in [3.8, 4) is 0 Å². The first-order chi connectivity index (χ1) is 12.3. The first-order valence-corrected chi connectivity index (χ1v) is 7.98. The molecule has 2 fully saturated rings. The molecule has 2 atom stereocenters. The van der Waals surface area contributed by atoms with E-state index in [4.69, 9.17) is 20.9 Å². The van der Waals surface area contributed by atoms with Crippen LogP contribution in [-0.4, -0.2) is 74.7 Å². The number of ether oxygens (including phenoxy) is 4. The third-order valence-electron chi connectivity index (χ3n) is 4.26. The van der Waals surface area contributed by atoms with Gasteiger partial charge in [0, 0.05) is 26.3 Å². The van der Waals surface area contributed by atoms with Gasteiger partial charge in [-0.25, -0.2) is 19.2 Å². The van der Waals surface area contributed by atoms with Crippen molar-refractivity contribution in [2.75, 3.05) is 39.5 Å². The third-order valence-corrected chi connectivity index (χ3v) is 4.26. The van der Waals surface area contributed by atoms with Crippen LogP contribution in [0.2, 0.25) is 0 Å². The third kappa shape index (κ3) is 4.88. The van der Waals surface area contributed by atoms with Gasteiger partial charge in [0.15, 0.2) is 0 Å². The molecule has 0 radical (unpaired) electrons. The molecule has 146 valence electrons. The van der Waals surface area contributed by atoms with Gasteiger partial charge in [0.05, 0.1) is 24.3 Å². The van der Waals surface area contributed by atoms with Crippen molar-refractivity contribution in [3.05, 3.63) is 0 Å². The number of carbonyl (C=O) groups excluding carboxylic acids is 4. The van der Waals surface area contributed by atoms with Gasteiger partial charge in [-0.2, -0.15) is 0 Å². The number of hydrogen-bond donors (Lipinski definition) is 4. The van der Waals surface area contributed by atoms with Gasteiger partial charge in [0.25, 0.3) is 0 Å². The van der Waals surface area contributed by atoms with Gasteiger partial charge in [-0.15, -0.1) is 0 Å². The number of alkyl carbamates (subject to hydrolysis) is 2. The summed E-state index contributed by atoms with van der Waals surface area (Å²) >= 11 is 0. The Balaban J connectivity index is 1.80. The Hall–Kier alpha value is -2.28. The molecule has 2 saturated heterocycles. The topological polar surface area (TPSA) is 181 Å². The van der Waals surface area contributed by atoms with Gasteiger partial charge in [-0.3, -0.25) is 0 Å². The van der Waals surface area contributed by atoms with Crippen molar-refractivity contribution in [2.45, 2.75) is 23.9 Å². The van der Waals surface area contributed by atoms with Crippen LogP contribution in [0.25, 0.3) is 0 Å². The van der Waals surface area contributed by atoms with Gasteiger partial charge in [0.2, 0.25) is 0 Å². The molecule has 2 rings (SSSR count). The van der Waals surface area contributed by atoms with Crippen LogP contribution in [-0.2, 0) is 28.5 Å².